The summed E-state index contributed by atoms with van der Waals surface area (Å²) in [4.78, 5) is 17.9. The van der Waals surface area contributed by atoms with Crippen molar-refractivity contribution in [2.45, 2.75) is 13.8 Å². The third-order valence-corrected chi connectivity index (χ3v) is 6.16. The van der Waals surface area contributed by atoms with E-state index in [0.717, 1.165) is 26.7 Å². The fourth-order valence-electron chi connectivity index (χ4n) is 3.61. The predicted octanol–water partition coefficient (Wildman–Crippen LogP) is 6.09. The maximum Gasteiger partial charge on any atom is 0.262 e. The van der Waals surface area contributed by atoms with Crippen LogP contribution in [0.1, 0.15) is 11.1 Å². The molecule has 31 heavy (non-hydrogen) atoms. The number of aromatic nitrogens is 3. The van der Waals surface area contributed by atoms with Crippen molar-refractivity contribution in [3.8, 4) is 28.5 Å². The standard InChI is InChI=1S/C25H18BrN3O2/c1-15-11-12-17(13-16(15)2)29-14-21(18-7-3-4-8-19(18)25(29)30)24-27-23(28-31-24)20-9-5-6-10-22(20)26/h3-14H,1-2H3. The summed E-state index contributed by atoms with van der Waals surface area (Å²) in [6.45, 7) is 4.09. The predicted molar refractivity (Wildman–Crippen MR) is 125 cm³/mol. The average Bonchev–Trinajstić information content (AvgIpc) is 3.26. The van der Waals surface area contributed by atoms with E-state index in [0.29, 0.717) is 22.7 Å². The second-order valence-electron chi connectivity index (χ2n) is 7.44. The summed E-state index contributed by atoms with van der Waals surface area (Å²) < 4.78 is 8.17. The quantitative estimate of drug-likeness (QED) is 0.319. The molecule has 0 bridgehead atoms. The molecule has 2 aromatic heterocycles. The zero-order valence-corrected chi connectivity index (χ0v) is 18.6. The van der Waals surface area contributed by atoms with Gasteiger partial charge in [0.1, 0.15) is 0 Å². The molecular weight excluding hydrogens is 454 g/mol. The maximum absolute atomic E-state index is 13.3. The number of fused-ring (bicyclic) bond motifs is 1. The van der Waals surface area contributed by atoms with Gasteiger partial charge in [0.25, 0.3) is 11.4 Å². The van der Waals surface area contributed by atoms with E-state index in [9.17, 15) is 4.79 Å². The Labute approximate surface area is 187 Å². The van der Waals surface area contributed by atoms with Gasteiger partial charge in [-0.05, 0) is 55.3 Å². The minimum atomic E-state index is -0.0897. The molecular formula is C25H18BrN3O2. The van der Waals surface area contributed by atoms with Crippen LogP contribution in [0.4, 0.5) is 0 Å². The first-order valence-electron chi connectivity index (χ1n) is 9.84. The van der Waals surface area contributed by atoms with Gasteiger partial charge in [0.15, 0.2) is 0 Å². The number of hydrogen-bond acceptors (Lipinski definition) is 4. The number of benzene rings is 3. The molecule has 0 aliphatic rings. The number of halogens is 1. The van der Waals surface area contributed by atoms with Gasteiger partial charge < -0.3 is 4.52 Å². The van der Waals surface area contributed by atoms with Gasteiger partial charge in [-0.3, -0.25) is 9.36 Å². The smallest absolute Gasteiger partial charge is 0.262 e. The van der Waals surface area contributed by atoms with Gasteiger partial charge in [-0.15, -0.1) is 0 Å². The van der Waals surface area contributed by atoms with Crippen molar-refractivity contribution in [3.05, 3.63) is 98.9 Å². The normalized spacial score (nSPS) is 11.2. The summed E-state index contributed by atoms with van der Waals surface area (Å²) in [5.74, 6) is 0.843. The van der Waals surface area contributed by atoms with Gasteiger partial charge in [0, 0.05) is 32.7 Å². The molecule has 2 heterocycles. The maximum atomic E-state index is 13.3. The highest BCUT2D eigenvalue weighted by atomic mass is 79.9. The summed E-state index contributed by atoms with van der Waals surface area (Å²) >= 11 is 3.54. The molecule has 0 atom stereocenters. The first-order valence-corrected chi connectivity index (χ1v) is 10.6. The van der Waals surface area contributed by atoms with Crippen LogP contribution in [-0.2, 0) is 0 Å². The van der Waals surface area contributed by atoms with Crippen LogP contribution < -0.4 is 5.56 Å². The van der Waals surface area contributed by atoms with Crippen LogP contribution in [0.15, 0.2) is 86.7 Å². The van der Waals surface area contributed by atoms with Crippen LogP contribution in [0.3, 0.4) is 0 Å². The van der Waals surface area contributed by atoms with Crippen LogP contribution in [0.5, 0.6) is 0 Å². The highest BCUT2D eigenvalue weighted by molar-refractivity contribution is 9.10. The summed E-state index contributed by atoms with van der Waals surface area (Å²) in [5, 5.41) is 5.55. The fraction of sp³-hybridized carbons (Fsp3) is 0.0800. The Bertz CT molecular complexity index is 1500. The van der Waals surface area contributed by atoms with E-state index < -0.39 is 0 Å². The van der Waals surface area contributed by atoms with Crippen molar-refractivity contribution in [1.82, 2.24) is 14.7 Å². The molecule has 0 fully saturated rings. The molecule has 5 rings (SSSR count). The number of pyridine rings is 1. The van der Waals surface area contributed by atoms with Crippen molar-refractivity contribution in [2.24, 2.45) is 0 Å². The van der Waals surface area contributed by atoms with Crippen LogP contribution in [0, 0.1) is 13.8 Å². The molecule has 0 aliphatic carbocycles. The Kier molecular flexibility index (Phi) is 4.79. The molecule has 152 valence electrons. The Hall–Kier alpha value is -3.51. The van der Waals surface area contributed by atoms with E-state index in [1.54, 1.807) is 10.8 Å². The second kappa shape index (κ2) is 7.63. The monoisotopic (exact) mass is 471 g/mol. The van der Waals surface area contributed by atoms with Gasteiger partial charge in [-0.1, -0.05) is 57.5 Å². The third-order valence-electron chi connectivity index (χ3n) is 5.46. The Balaban J connectivity index is 1.74. The van der Waals surface area contributed by atoms with Gasteiger partial charge in [0.2, 0.25) is 5.82 Å². The molecule has 6 heteroatoms. The second-order valence-corrected chi connectivity index (χ2v) is 8.29. The molecule has 5 aromatic rings. The van der Waals surface area contributed by atoms with Crippen LogP contribution in [-0.4, -0.2) is 14.7 Å². The van der Waals surface area contributed by atoms with Crippen LogP contribution in [0.25, 0.3) is 39.3 Å². The van der Waals surface area contributed by atoms with Crippen molar-refractivity contribution in [3.63, 3.8) is 0 Å². The van der Waals surface area contributed by atoms with Crippen LogP contribution in [0.2, 0.25) is 0 Å². The summed E-state index contributed by atoms with van der Waals surface area (Å²) in [6.07, 6.45) is 1.78. The summed E-state index contributed by atoms with van der Waals surface area (Å²) in [5.41, 5.74) is 4.54. The number of hydrogen-bond donors (Lipinski definition) is 0. The molecule has 0 spiro atoms. The van der Waals surface area contributed by atoms with E-state index in [-0.39, 0.29) is 5.56 Å². The zero-order chi connectivity index (χ0) is 21.5. The molecule has 0 unspecified atom stereocenters. The highest BCUT2D eigenvalue weighted by Gasteiger charge is 2.18. The fourth-order valence-corrected chi connectivity index (χ4v) is 4.08. The van der Waals surface area contributed by atoms with Gasteiger partial charge in [-0.25, -0.2) is 0 Å². The lowest BCUT2D eigenvalue weighted by molar-refractivity contribution is 0.432. The molecule has 0 N–H and O–H groups in total. The lowest BCUT2D eigenvalue weighted by atomic mass is 10.1. The van der Waals surface area contributed by atoms with E-state index in [1.165, 1.54) is 5.56 Å². The Morgan fingerprint density at radius 3 is 2.39 bits per heavy atom. The van der Waals surface area contributed by atoms with Gasteiger partial charge in [0.05, 0.1) is 5.56 Å². The molecule has 0 saturated heterocycles. The number of nitrogens with zero attached hydrogens (tertiary/aromatic N) is 3. The highest BCUT2D eigenvalue weighted by Crippen LogP contribution is 2.31. The van der Waals surface area contributed by atoms with Crippen molar-refractivity contribution in [1.29, 1.82) is 0 Å². The average molecular weight is 472 g/mol. The van der Waals surface area contributed by atoms with Gasteiger partial charge >= 0.3 is 0 Å². The molecule has 5 nitrogen and oxygen atoms in total. The van der Waals surface area contributed by atoms with Crippen molar-refractivity contribution >= 4 is 26.7 Å². The Morgan fingerprint density at radius 2 is 1.61 bits per heavy atom. The van der Waals surface area contributed by atoms with Crippen molar-refractivity contribution in [2.75, 3.05) is 0 Å². The van der Waals surface area contributed by atoms with Crippen molar-refractivity contribution < 1.29 is 4.52 Å². The first-order chi connectivity index (χ1) is 15.0. The lowest BCUT2D eigenvalue weighted by Crippen LogP contribution is -2.18. The third kappa shape index (κ3) is 3.39. The lowest BCUT2D eigenvalue weighted by Gasteiger charge is -2.12. The molecule has 0 radical (unpaired) electrons. The molecule has 0 saturated carbocycles. The Morgan fingerprint density at radius 1 is 0.871 bits per heavy atom. The van der Waals surface area contributed by atoms with E-state index in [4.69, 9.17) is 4.52 Å². The minimum Gasteiger partial charge on any atom is -0.334 e. The summed E-state index contributed by atoms with van der Waals surface area (Å²) in [7, 11) is 0. The van der Waals surface area contributed by atoms with Gasteiger partial charge in [-0.2, -0.15) is 4.98 Å². The molecule has 0 aliphatic heterocycles. The summed E-state index contributed by atoms with van der Waals surface area (Å²) in [6, 6.07) is 21.2. The van der Waals surface area contributed by atoms with E-state index in [2.05, 4.69) is 33.0 Å². The SMILES string of the molecule is Cc1ccc(-n2cc(-c3nc(-c4ccccc4Br)no3)c3ccccc3c2=O)cc1C. The number of rotatable bonds is 3. The largest absolute Gasteiger partial charge is 0.334 e. The van der Waals surface area contributed by atoms with E-state index >= 15 is 0 Å². The van der Waals surface area contributed by atoms with E-state index in [1.807, 2.05) is 73.7 Å². The molecule has 0 amide bonds. The minimum absolute atomic E-state index is 0.0897. The number of aryl methyl sites for hydroxylation is 2. The topological polar surface area (TPSA) is 60.9 Å². The zero-order valence-electron chi connectivity index (χ0n) is 17.0. The molecule has 3 aromatic carbocycles. The first kappa shape index (κ1) is 19.5. The van der Waals surface area contributed by atoms with Crippen LogP contribution >= 0.6 is 15.9 Å².